The van der Waals surface area contributed by atoms with Crippen LogP contribution in [-0.4, -0.2) is 160 Å². The summed E-state index contributed by atoms with van der Waals surface area (Å²) >= 11 is 3.05. The van der Waals surface area contributed by atoms with Crippen LogP contribution in [0.15, 0.2) is 88.5 Å². The number of hydrogen-bond donors (Lipinski definition) is 5. The molecule has 0 bridgehead atoms. The van der Waals surface area contributed by atoms with Gasteiger partial charge in [0.25, 0.3) is 5.91 Å². The monoisotopic (exact) mass is 1120 g/mol. The van der Waals surface area contributed by atoms with Crippen molar-refractivity contribution in [2.24, 2.45) is 16.6 Å². The van der Waals surface area contributed by atoms with Crippen molar-refractivity contribution in [1.29, 1.82) is 0 Å². The minimum absolute atomic E-state index is 0.0131. The molecule has 4 atom stereocenters. The average Bonchev–Trinajstić information content (AvgIpc) is 4.42. The summed E-state index contributed by atoms with van der Waals surface area (Å²) in [5.41, 5.74) is 10.3. The summed E-state index contributed by atoms with van der Waals surface area (Å²) in [6.07, 6.45) is 7.77. The Morgan fingerprint density at radius 2 is 1.63 bits per heavy atom. The molecule has 0 radical (unpaired) electrons. The first-order valence-electron chi connectivity index (χ1n) is 27.4. The van der Waals surface area contributed by atoms with E-state index in [1.165, 1.54) is 16.7 Å². The average molecular weight is 1120 g/mol. The Kier molecular flexibility index (Phi) is 18.3. The number of aliphatic hydroxyl groups is 1. The molecular formula is C57H74FN13O6S2. The third-order valence-electron chi connectivity index (χ3n) is 15.6. The Balaban J connectivity index is 0.648. The van der Waals surface area contributed by atoms with Gasteiger partial charge in [-0.1, -0.05) is 56.8 Å². The first kappa shape index (κ1) is 57.5. The molecule has 0 unspecified atom stereocenters. The standard InChI is InChI=1S/C57H74FN13O6S2/c1-37(39-9-11-40(12-10-39)50-38(2)62-36-78-50)63-53(75)45-27-42(72)30-71(45)54(76)51(55(3,4)5)65-52(74)44-17-18-46(67-66-44)70-23-19-56(35-70)33-68(34-56)22-7-6-8-26-77-31-48(73)64-41-13-15-43(16-14-41)79-49-29-60-47(28-61-49)69-24-20-57(59,32-58)21-25-69/h9-18,28-29,36-37,42,45,51,72H,6-8,19-27,30-35,59H2,1-5H3,(H,63,75)(H,64,73)(H,65,74)/t37-,42+,45-,51+/m0/s1. The zero-order valence-electron chi connectivity index (χ0n) is 45.8. The summed E-state index contributed by atoms with van der Waals surface area (Å²) in [4.78, 5) is 78.1. The van der Waals surface area contributed by atoms with Crippen LogP contribution in [0.3, 0.4) is 0 Å². The van der Waals surface area contributed by atoms with Gasteiger partial charge in [-0.15, -0.1) is 21.5 Å². The fourth-order valence-electron chi connectivity index (χ4n) is 10.9. The van der Waals surface area contributed by atoms with Gasteiger partial charge in [-0.3, -0.25) is 19.2 Å². The van der Waals surface area contributed by atoms with E-state index in [0.29, 0.717) is 44.0 Å². The van der Waals surface area contributed by atoms with Crippen LogP contribution in [-0.2, 0) is 19.1 Å². The number of benzene rings is 2. The number of aromatic nitrogens is 5. The van der Waals surface area contributed by atoms with E-state index in [2.05, 4.69) is 55.8 Å². The molecule has 0 saturated carbocycles. The second-order valence-electron chi connectivity index (χ2n) is 22.9. The number of ether oxygens (including phenoxy) is 1. The lowest BCUT2D eigenvalue weighted by atomic mass is 9.79. The van der Waals surface area contributed by atoms with Crippen molar-refractivity contribution in [3.63, 3.8) is 0 Å². The predicted molar refractivity (Wildman–Crippen MR) is 304 cm³/mol. The number of anilines is 3. The molecule has 422 valence electrons. The lowest BCUT2D eigenvalue weighted by Gasteiger charge is -2.48. The predicted octanol–water partition coefficient (Wildman–Crippen LogP) is 6.44. The maximum Gasteiger partial charge on any atom is 0.272 e. The van der Waals surface area contributed by atoms with Gasteiger partial charge in [-0.2, -0.15) is 0 Å². The van der Waals surface area contributed by atoms with Gasteiger partial charge in [-0.05, 0) is 112 Å². The first-order chi connectivity index (χ1) is 37.9. The number of amides is 4. The molecule has 1 spiro atoms. The van der Waals surface area contributed by atoms with Crippen LogP contribution in [0.4, 0.5) is 21.7 Å². The molecule has 22 heteroatoms. The van der Waals surface area contributed by atoms with Crippen molar-refractivity contribution in [2.75, 3.05) is 87.4 Å². The van der Waals surface area contributed by atoms with Crippen molar-refractivity contribution in [3.8, 4) is 10.4 Å². The molecule has 0 aliphatic carbocycles. The molecule has 5 aromatic rings. The van der Waals surface area contributed by atoms with E-state index in [1.54, 1.807) is 35.9 Å². The van der Waals surface area contributed by atoms with Crippen molar-refractivity contribution in [3.05, 3.63) is 95.5 Å². The number of aryl methyl sites for hydroxylation is 1. The van der Waals surface area contributed by atoms with E-state index in [4.69, 9.17) is 10.5 Å². The molecule has 2 aromatic carbocycles. The quantitative estimate of drug-likeness (QED) is 0.0497. The molecular weight excluding hydrogens is 1050 g/mol. The fourth-order valence-corrected chi connectivity index (χ4v) is 12.5. The fraction of sp³-hybridized carbons (Fsp3) is 0.526. The van der Waals surface area contributed by atoms with E-state index in [0.717, 1.165) is 95.8 Å². The highest BCUT2D eigenvalue weighted by molar-refractivity contribution is 7.99. The maximum atomic E-state index is 14.3. The summed E-state index contributed by atoms with van der Waals surface area (Å²) in [6, 6.07) is 16.7. The van der Waals surface area contributed by atoms with Gasteiger partial charge >= 0.3 is 0 Å². The maximum absolute atomic E-state index is 14.3. The normalized spacial score (nSPS) is 19.7. The van der Waals surface area contributed by atoms with Crippen LogP contribution in [0.5, 0.6) is 0 Å². The summed E-state index contributed by atoms with van der Waals surface area (Å²) in [6.45, 7) is 15.4. The molecule has 19 nitrogen and oxygen atoms in total. The number of likely N-dealkylation sites (tertiary alicyclic amines) is 2. The van der Waals surface area contributed by atoms with Crippen molar-refractivity contribution >= 4 is 64.1 Å². The van der Waals surface area contributed by atoms with E-state index in [-0.39, 0.29) is 48.5 Å². The van der Waals surface area contributed by atoms with Gasteiger partial charge in [0.1, 0.15) is 36.2 Å². The van der Waals surface area contributed by atoms with E-state index < -0.39 is 47.6 Å². The van der Waals surface area contributed by atoms with Crippen LogP contribution < -0.4 is 31.5 Å². The number of nitrogens with two attached hydrogens (primary N) is 1. The van der Waals surface area contributed by atoms with Crippen LogP contribution in [0.25, 0.3) is 10.4 Å². The number of carbonyl (C=O) groups is 4. The Morgan fingerprint density at radius 3 is 2.29 bits per heavy atom. The highest BCUT2D eigenvalue weighted by Gasteiger charge is 2.48. The number of nitrogens with one attached hydrogen (secondary N) is 3. The van der Waals surface area contributed by atoms with Crippen LogP contribution >= 0.6 is 23.1 Å². The molecule has 9 rings (SSSR count). The minimum atomic E-state index is -1.02. The summed E-state index contributed by atoms with van der Waals surface area (Å²) in [5.74, 6) is -0.128. The zero-order valence-corrected chi connectivity index (χ0v) is 47.5. The largest absolute Gasteiger partial charge is 0.391 e. The van der Waals surface area contributed by atoms with Gasteiger partial charge in [-0.25, -0.2) is 19.3 Å². The second-order valence-corrected chi connectivity index (χ2v) is 24.9. The van der Waals surface area contributed by atoms with E-state index in [9.17, 15) is 28.7 Å². The SMILES string of the molecule is Cc1ncsc1-c1ccc([C@H](C)NC(=O)[C@@H]2C[C@@H](O)CN2C(=O)[C@@H](NC(=O)c2ccc(N3CCC4(CN(CCCCCOCC(=O)Nc5ccc(Sc6cnc(N7CCC(N)(CF)CC7)cn6)cc5)C4)C3)nn2)C(C)(C)C)cc1. The highest BCUT2D eigenvalue weighted by Crippen LogP contribution is 2.41. The lowest BCUT2D eigenvalue weighted by molar-refractivity contribution is -0.142. The van der Waals surface area contributed by atoms with Gasteiger partial charge in [0.05, 0.1) is 40.6 Å². The van der Waals surface area contributed by atoms with Crippen molar-refractivity contribution in [2.45, 2.75) is 119 Å². The molecule has 7 heterocycles. The van der Waals surface area contributed by atoms with Crippen LogP contribution in [0.1, 0.15) is 100 Å². The second kappa shape index (κ2) is 25.1. The summed E-state index contributed by atoms with van der Waals surface area (Å²) in [7, 11) is 0. The molecule has 6 N–H and O–H groups in total. The number of carbonyl (C=O) groups excluding carboxylic acids is 4. The van der Waals surface area contributed by atoms with Gasteiger partial charge < -0.3 is 51.1 Å². The van der Waals surface area contributed by atoms with E-state index in [1.807, 2.05) is 88.7 Å². The lowest BCUT2D eigenvalue weighted by Crippen LogP contribution is -2.58. The molecule has 4 aliphatic rings. The number of halogens is 1. The number of β-amino-alcohol motifs (C(OH)–C–C–N with tert-alkyl or cyclic N) is 1. The third-order valence-corrected chi connectivity index (χ3v) is 17.5. The molecule has 4 fully saturated rings. The number of hydrogen-bond acceptors (Lipinski definition) is 17. The number of aliphatic hydroxyl groups excluding tert-OH is 1. The van der Waals surface area contributed by atoms with E-state index >= 15 is 0 Å². The Morgan fingerprint density at radius 1 is 0.886 bits per heavy atom. The Hall–Kier alpha value is -6.17. The molecule has 3 aromatic heterocycles. The zero-order chi connectivity index (χ0) is 55.9. The van der Waals surface area contributed by atoms with Gasteiger partial charge in [0, 0.05) is 80.4 Å². The van der Waals surface area contributed by atoms with Crippen LogP contribution in [0.2, 0.25) is 0 Å². The number of thiazole rings is 1. The first-order valence-corrected chi connectivity index (χ1v) is 29.0. The molecule has 79 heavy (non-hydrogen) atoms. The summed E-state index contributed by atoms with van der Waals surface area (Å²) < 4.78 is 18.9. The highest BCUT2D eigenvalue weighted by atomic mass is 32.2. The number of rotatable bonds is 21. The van der Waals surface area contributed by atoms with Crippen molar-refractivity contribution in [1.82, 2.24) is 45.6 Å². The van der Waals surface area contributed by atoms with Crippen LogP contribution in [0, 0.1) is 17.8 Å². The topological polar surface area (TPSA) is 237 Å². The van der Waals surface area contributed by atoms with Crippen molar-refractivity contribution < 1.29 is 33.4 Å². The third kappa shape index (κ3) is 14.4. The van der Waals surface area contributed by atoms with Gasteiger partial charge in [0.2, 0.25) is 17.7 Å². The number of piperidine rings is 1. The Bertz CT molecular complexity index is 2880. The molecule has 4 saturated heterocycles. The molecule has 4 amide bonds. The smallest absolute Gasteiger partial charge is 0.272 e. The minimum Gasteiger partial charge on any atom is -0.391 e. The number of alkyl halides is 1. The summed E-state index contributed by atoms with van der Waals surface area (Å²) in [5, 5.41) is 29.1. The Labute approximate surface area is 470 Å². The molecule has 4 aliphatic heterocycles. The van der Waals surface area contributed by atoms with Gasteiger partial charge in [0.15, 0.2) is 11.5 Å². The number of unbranched alkanes of at least 4 members (excludes halogenated alkanes) is 2. The number of nitrogens with zero attached hydrogens (tertiary/aromatic N) is 9.